The minimum atomic E-state index is -0.548. The van der Waals surface area contributed by atoms with Gasteiger partial charge in [0.05, 0.1) is 4.47 Å². The molecule has 0 bridgehead atoms. The molecule has 0 radical (unpaired) electrons. The van der Waals surface area contributed by atoms with Gasteiger partial charge in [0.15, 0.2) is 0 Å². The lowest BCUT2D eigenvalue weighted by molar-refractivity contribution is 0.510. The first kappa shape index (κ1) is 16.0. The quantitative estimate of drug-likeness (QED) is 0.830. The van der Waals surface area contributed by atoms with E-state index in [1.54, 1.807) is 7.05 Å². The average molecular weight is 355 g/mol. The van der Waals surface area contributed by atoms with Gasteiger partial charge >= 0.3 is 0 Å². The number of aromatic nitrogens is 1. The van der Waals surface area contributed by atoms with Crippen LogP contribution in [0.15, 0.2) is 28.7 Å². The molecule has 112 valence electrons. The van der Waals surface area contributed by atoms with Crippen molar-refractivity contribution in [3.63, 3.8) is 0 Å². The zero-order chi connectivity index (χ0) is 15.6. The number of nitrogens with zero attached hydrogens (tertiary/aromatic N) is 1. The number of halogens is 3. The number of hydrogen-bond acceptors (Lipinski definition) is 2. The van der Waals surface area contributed by atoms with Crippen molar-refractivity contribution in [1.29, 1.82) is 0 Å². The number of rotatable bonds is 4. The molecule has 2 aromatic rings. The van der Waals surface area contributed by atoms with E-state index in [1.807, 2.05) is 26.0 Å². The minimum Gasteiger partial charge on any atom is -0.313 e. The Morgan fingerprint density at radius 3 is 2.52 bits per heavy atom. The van der Waals surface area contributed by atoms with E-state index in [2.05, 4.69) is 26.2 Å². The van der Waals surface area contributed by atoms with Crippen molar-refractivity contribution in [2.45, 2.75) is 26.3 Å². The van der Waals surface area contributed by atoms with Crippen LogP contribution in [0, 0.1) is 25.5 Å². The number of pyridine rings is 1. The van der Waals surface area contributed by atoms with E-state index in [9.17, 15) is 8.78 Å². The van der Waals surface area contributed by atoms with E-state index in [1.165, 1.54) is 12.1 Å². The molecule has 1 heterocycles. The van der Waals surface area contributed by atoms with E-state index in [4.69, 9.17) is 0 Å². The smallest absolute Gasteiger partial charge is 0.143 e. The summed E-state index contributed by atoms with van der Waals surface area (Å²) in [6.45, 7) is 3.82. The monoisotopic (exact) mass is 354 g/mol. The predicted octanol–water partition coefficient (Wildman–Crippen LogP) is 4.24. The fourth-order valence-electron chi connectivity index (χ4n) is 2.39. The Morgan fingerprint density at radius 2 is 1.90 bits per heavy atom. The van der Waals surface area contributed by atoms with Gasteiger partial charge in [0.1, 0.15) is 11.6 Å². The van der Waals surface area contributed by atoms with Crippen molar-refractivity contribution in [3.05, 3.63) is 62.9 Å². The first-order valence-corrected chi connectivity index (χ1v) is 7.47. The zero-order valence-corrected chi connectivity index (χ0v) is 13.8. The highest BCUT2D eigenvalue weighted by molar-refractivity contribution is 9.10. The standard InChI is InChI=1S/C16H17BrF2N2/c1-9-4-5-11(10(2)21-9)15(20-3)8-12-14(18)7-6-13(17)16(12)19/h4-7,15,20H,8H2,1-3H3. The van der Waals surface area contributed by atoms with Gasteiger partial charge in [-0.15, -0.1) is 0 Å². The van der Waals surface area contributed by atoms with E-state index in [-0.39, 0.29) is 22.5 Å². The Hall–Kier alpha value is -1.33. The highest BCUT2D eigenvalue weighted by Gasteiger charge is 2.19. The zero-order valence-electron chi connectivity index (χ0n) is 12.2. The molecule has 2 rings (SSSR count). The van der Waals surface area contributed by atoms with Crippen LogP contribution in [0.4, 0.5) is 8.78 Å². The molecule has 2 nitrogen and oxygen atoms in total. The molecule has 0 aliphatic carbocycles. The molecule has 1 N–H and O–H groups in total. The Labute approximate surface area is 131 Å². The largest absolute Gasteiger partial charge is 0.313 e. The Morgan fingerprint density at radius 1 is 1.19 bits per heavy atom. The lowest BCUT2D eigenvalue weighted by atomic mass is 9.97. The van der Waals surface area contributed by atoms with Gasteiger partial charge in [-0.25, -0.2) is 8.78 Å². The SMILES string of the molecule is CNC(Cc1c(F)ccc(Br)c1F)c1ccc(C)nc1C. The Bertz CT molecular complexity index is 659. The summed E-state index contributed by atoms with van der Waals surface area (Å²) < 4.78 is 28.3. The van der Waals surface area contributed by atoms with Crippen molar-refractivity contribution < 1.29 is 8.78 Å². The van der Waals surface area contributed by atoms with Gasteiger partial charge in [0.25, 0.3) is 0 Å². The fourth-order valence-corrected chi connectivity index (χ4v) is 2.76. The summed E-state index contributed by atoms with van der Waals surface area (Å²) in [6, 6.07) is 6.31. The van der Waals surface area contributed by atoms with Crippen LogP contribution in [0.3, 0.4) is 0 Å². The van der Waals surface area contributed by atoms with Gasteiger partial charge in [-0.1, -0.05) is 6.07 Å². The van der Waals surface area contributed by atoms with Crippen LogP contribution in [0.1, 0.15) is 28.6 Å². The summed E-state index contributed by atoms with van der Waals surface area (Å²) in [4.78, 5) is 4.41. The van der Waals surface area contributed by atoms with Gasteiger partial charge in [-0.3, -0.25) is 4.98 Å². The molecule has 0 amide bonds. The van der Waals surface area contributed by atoms with E-state index in [0.717, 1.165) is 17.0 Å². The molecule has 0 fully saturated rings. The van der Waals surface area contributed by atoms with Crippen molar-refractivity contribution >= 4 is 15.9 Å². The van der Waals surface area contributed by atoms with Gasteiger partial charge in [0, 0.05) is 23.0 Å². The molecule has 0 aliphatic heterocycles. The van der Waals surface area contributed by atoms with Crippen molar-refractivity contribution in [2.24, 2.45) is 0 Å². The second-order valence-electron chi connectivity index (χ2n) is 4.99. The first-order valence-electron chi connectivity index (χ1n) is 6.67. The fraction of sp³-hybridized carbons (Fsp3) is 0.312. The molecular weight excluding hydrogens is 338 g/mol. The Balaban J connectivity index is 2.38. The molecule has 1 aromatic heterocycles. The second kappa shape index (κ2) is 6.62. The van der Waals surface area contributed by atoms with E-state index in [0.29, 0.717) is 0 Å². The Kier molecular flexibility index (Phi) is 5.06. The molecule has 0 aliphatic rings. The summed E-state index contributed by atoms with van der Waals surface area (Å²) in [5, 5.41) is 3.11. The van der Waals surface area contributed by atoms with E-state index < -0.39 is 11.6 Å². The lowest BCUT2D eigenvalue weighted by Gasteiger charge is -2.19. The molecule has 1 unspecified atom stereocenters. The topological polar surface area (TPSA) is 24.9 Å². The maximum absolute atomic E-state index is 14.1. The molecule has 0 saturated carbocycles. The van der Waals surface area contributed by atoms with Crippen LogP contribution in [0.5, 0.6) is 0 Å². The summed E-state index contributed by atoms with van der Waals surface area (Å²) in [7, 11) is 1.78. The summed E-state index contributed by atoms with van der Waals surface area (Å²) in [5.41, 5.74) is 2.81. The lowest BCUT2D eigenvalue weighted by Crippen LogP contribution is -2.21. The third-order valence-corrected chi connectivity index (χ3v) is 4.15. The van der Waals surface area contributed by atoms with E-state index >= 15 is 0 Å². The molecule has 5 heteroatoms. The highest BCUT2D eigenvalue weighted by Crippen LogP contribution is 2.27. The maximum atomic E-state index is 14.1. The normalized spacial score (nSPS) is 12.5. The van der Waals surface area contributed by atoms with Crippen LogP contribution in [-0.2, 0) is 6.42 Å². The summed E-state index contributed by atoms with van der Waals surface area (Å²) >= 11 is 3.10. The van der Waals surface area contributed by atoms with Crippen molar-refractivity contribution in [2.75, 3.05) is 7.05 Å². The minimum absolute atomic E-state index is 0.0729. The van der Waals surface area contributed by atoms with Crippen molar-refractivity contribution in [3.8, 4) is 0 Å². The molecule has 1 aromatic carbocycles. The van der Waals surface area contributed by atoms with Gasteiger partial charge in [0.2, 0.25) is 0 Å². The van der Waals surface area contributed by atoms with Crippen LogP contribution in [-0.4, -0.2) is 12.0 Å². The number of aryl methyl sites for hydroxylation is 2. The average Bonchev–Trinajstić information content (AvgIpc) is 2.44. The maximum Gasteiger partial charge on any atom is 0.143 e. The molecule has 1 atom stereocenters. The summed E-state index contributed by atoms with van der Waals surface area (Å²) in [5.74, 6) is -1.08. The second-order valence-corrected chi connectivity index (χ2v) is 5.85. The van der Waals surface area contributed by atoms with Crippen LogP contribution in [0.25, 0.3) is 0 Å². The molecule has 0 spiro atoms. The van der Waals surface area contributed by atoms with Gasteiger partial charge < -0.3 is 5.32 Å². The highest BCUT2D eigenvalue weighted by atomic mass is 79.9. The number of nitrogens with one attached hydrogen (secondary N) is 1. The number of hydrogen-bond donors (Lipinski definition) is 1. The van der Waals surface area contributed by atoms with Gasteiger partial charge in [-0.05, 0) is 67.0 Å². The van der Waals surface area contributed by atoms with Crippen LogP contribution >= 0.6 is 15.9 Å². The molecule has 21 heavy (non-hydrogen) atoms. The van der Waals surface area contributed by atoms with Crippen LogP contribution < -0.4 is 5.32 Å². The number of likely N-dealkylation sites (N-methyl/N-ethyl adjacent to an activating group) is 1. The number of benzene rings is 1. The molecular formula is C16H17BrF2N2. The van der Waals surface area contributed by atoms with Gasteiger partial charge in [-0.2, -0.15) is 0 Å². The van der Waals surface area contributed by atoms with Crippen molar-refractivity contribution in [1.82, 2.24) is 10.3 Å². The predicted molar refractivity (Wildman–Crippen MR) is 83.3 cm³/mol. The first-order chi connectivity index (χ1) is 9.93. The summed E-state index contributed by atoms with van der Waals surface area (Å²) in [6.07, 6.45) is 0.221. The third-order valence-electron chi connectivity index (χ3n) is 3.54. The van der Waals surface area contributed by atoms with Crippen LogP contribution in [0.2, 0.25) is 0 Å². The third kappa shape index (κ3) is 3.47. The molecule has 0 saturated heterocycles.